The molecule has 0 aliphatic heterocycles. The maximum Gasteiger partial charge on any atom is 0.270 e. The average Bonchev–Trinajstić information content (AvgIpc) is 3.37. The minimum absolute atomic E-state index is 0.00948. The lowest BCUT2D eigenvalue weighted by molar-refractivity contribution is -0.384. The van der Waals surface area contributed by atoms with E-state index in [1.165, 1.54) is 23.5 Å². The van der Waals surface area contributed by atoms with Gasteiger partial charge in [-0.15, -0.1) is 11.3 Å². The third-order valence-corrected chi connectivity index (χ3v) is 5.82. The lowest BCUT2D eigenvalue weighted by Crippen LogP contribution is -1.97. The second-order valence-electron chi connectivity index (χ2n) is 7.20. The number of rotatable bonds is 8. The molecule has 0 bridgehead atoms. The van der Waals surface area contributed by atoms with E-state index in [4.69, 9.17) is 9.47 Å². The van der Waals surface area contributed by atoms with Crippen molar-refractivity contribution in [2.45, 2.75) is 6.61 Å². The molecule has 1 aromatic heterocycles. The molecule has 168 valence electrons. The van der Waals surface area contributed by atoms with Crippen molar-refractivity contribution in [1.29, 1.82) is 5.26 Å². The molecule has 0 saturated heterocycles. The summed E-state index contributed by atoms with van der Waals surface area (Å²) in [4.78, 5) is 15.1. The number of ether oxygens (including phenoxy) is 2. The van der Waals surface area contributed by atoms with Gasteiger partial charge in [-0.3, -0.25) is 10.1 Å². The topological polar surface area (TPSA) is 98.3 Å². The van der Waals surface area contributed by atoms with Crippen molar-refractivity contribution in [3.63, 3.8) is 0 Å². The normalized spacial score (nSPS) is 11.0. The van der Waals surface area contributed by atoms with Crippen LogP contribution < -0.4 is 9.47 Å². The zero-order chi connectivity index (χ0) is 23.9. The van der Waals surface area contributed by atoms with Gasteiger partial charge in [0.2, 0.25) is 0 Å². The second kappa shape index (κ2) is 10.4. The summed E-state index contributed by atoms with van der Waals surface area (Å²) >= 11 is 1.30. The van der Waals surface area contributed by atoms with E-state index in [0.717, 1.165) is 11.1 Å². The van der Waals surface area contributed by atoms with Crippen LogP contribution in [0.4, 0.5) is 5.69 Å². The molecule has 0 unspecified atom stereocenters. The fraction of sp³-hybridized carbons (Fsp3) is 0.0769. The number of benzene rings is 3. The maximum atomic E-state index is 11.1. The molecule has 0 fully saturated rings. The molecule has 4 aromatic rings. The highest BCUT2D eigenvalue weighted by Gasteiger charge is 2.13. The van der Waals surface area contributed by atoms with E-state index in [9.17, 15) is 15.4 Å². The molecule has 3 aromatic carbocycles. The molecule has 1 heterocycles. The van der Waals surface area contributed by atoms with Crippen LogP contribution in [0.5, 0.6) is 11.5 Å². The first-order valence-corrected chi connectivity index (χ1v) is 11.1. The highest BCUT2D eigenvalue weighted by Crippen LogP contribution is 2.32. The summed E-state index contributed by atoms with van der Waals surface area (Å²) in [7, 11) is 1.57. The highest BCUT2D eigenvalue weighted by atomic mass is 32.1. The van der Waals surface area contributed by atoms with Crippen LogP contribution in [0.1, 0.15) is 16.1 Å². The molecule has 4 rings (SSSR count). The Morgan fingerprint density at radius 3 is 2.68 bits per heavy atom. The molecular formula is C26H19N3O4S. The zero-order valence-corrected chi connectivity index (χ0v) is 19.0. The van der Waals surface area contributed by atoms with Gasteiger partial charge in [0.1, 0.15) is 17.7 Å². The van der Waals surface area contributed by atoms with Crippen molar-refractivity contribution in [2.75, 3.05) is 7.11 Å². The number of allylic oxidation sites excluding steroid dienone is 1. The van der Waals surface area contributed by atoms with Crippen molar-refractivity contribution < 1.29 is 14.4 Å². The predicted octanol–water partition coefficient (Wildman–Crippen LogP) is 6.37. The van der Waals surface area contributed by atoms with Crippen LogP contribution in [-0.4, -0.2) is 17.0 Å². The monoisotopic (exact) mass is 469 g/mol. The van der Waals surface area contributed by atoms with E-state index in [1.54, 1.807) is 42.8 Å². The van der Waals surface area contributed by atoms with Gasteiger partial charge in [-0.05, 0) is 29.3 Å². The molecule has 0 aliphatic rings. The minimum atomic E-state index is -0.446. The Morgan fingerprint density at radius 1 is 1.12 bits per heavy atom. The summed E-state index contributed by atoms with van der Waals surface area (Å²) in [5, 5.41) is 23.1. The van der Waals surface area contributed by atoms with E-state index < -0.39 is 4.92 Å². The second-order valence-corrected chi connectivity index (χ2v) is 8.06. The van der Waals surface area contributed by atoms with E-state index in [0.29, 0.717) is 39.9 Å². The minimum Gasteiger partial charge on any atom is -0.493 e. The molecule has 34 heavy (non-hydrogen) atoms. The number of nitro groups is 1. The molecule has 0 aliphatic carbocycles. The molecule has 0 spiro atoms. The Kier molecular flexibility index (Phi) is 6.96. The number of nitro benzene ring substituents is 1. The number of nitriles is 1. The summed E-state index contributed by atoms with van der Waals surface area (Å²) in [5.74, 6) is 1.16. The largest absolute Gasteiger partial charge is 0.493 e. The van der Waals surface area contributed by atoms with Gasteiger partial charge in [0.15, 0.2) is 11.5 Å². The highest BCUT2D eigenvalue weighted by molar-refractivity contribution is 7.11. The van der Waals surface area contributed by atoms with E-state index >= 15 is 0 Å². The third kappa shape index (κ3) is 5.28. The Hall–Kier alpha value is -4.48. The van der Waals surface area contributed by atoms with Crippen LogP contribution >= 0.6 is 11.3 Å². The van der Waals surface area contributed by atoms with Crippen LogP contribution in [-0.2, 0) is 6.61 Å². The van der Waals surface area contributed by atoms with Gasteiger partial charge in [0, 0.05) is 23.1 Å². The number of thiazole rings is 1. The Bertz CT molecular complexity index is 1390. The van der Waals surface area contributed by atoms with Crippen molar-refractivity contribution >= 4 is 28.7 Å². The van der Waals surface area contributed by atoms with Gasteiger partial charge >= 0.3 is 0 Å². The number of hydrogen-bond donors (Lipinski definition) is 0. The summed E-state index contributed by atoms with van der Waals surface area (Å²) in [6.07, 6.45) is 1.72. The first kappa shape index (κ1) is 22.7. The molecule has 0 N–H and O–H groups in total. The summed E-state index contributed by atoms with van der Waals surface area (Å²) in [6.45, 7) is 0.412. The molecule has 0 amide bonds. The van der Waals surface area contributed by atoms with Gasteiger partial charge in [-0.25, -0.2) is 4.98 Å². The van der Waals surface area contributed by atoms with Gasteiger partial charge < -0.3 is 9.47 Å². The van der Waals surface area contributed by atoms with E-state index in [-0.39, 0.29) is 5.69 Å². The Balaban J connectivity index is 1.56. The smallest absolute Gasteiger partial charge is 0.270 e. The summed E-state index contributed by atoms with van der Waals surface area (Å²) in [6, 6.07) is 23.7. The molecule has 0 saturated carbocycles. The number of aromatic nitrogens is 1. The van der Waals surface area contributed by atoms with Crippen molar-refractivity contribution in [2.24, 2.45) is 0 Å². The zero-order valence-electron chi connectivity index (χ0n) is 18.2. The van der Waals surface area contributed by atoms with Gasteiger partial charge in [-0.1, -0.05) is 48.5 Å². The number of methoxy groups -OCH3 is 1. The number of nitrogens with zero attached hydrogens (tertiary/aromatic N) is 3. The van der Waals surface area contributed by atoms with Crippen molar-refractivity contribution in [3.8, 4) is 28.8 Å². The van der Waals surface area contributed by atoms with E-state index in [1.807, 2.05) is 36.4 Å². The fourth-order valence-corrected chi connectivity index (χ4v) is 4.04. The summed E-state index contributed by atoms with van der Waals surface area (Å²) < 4.78 is 11.4. The van der Waals surface area contributed by atoms with Crippen LogP contribution in [0.25, 0.3) is 22.9 Å². The van der Waals surface area contributed by atoms with Crippen molar-refractivity contribution in [1.82, 2.24) is 4.98 Å². The standard InChI is InChI=1S/C26H19N3O4S/c1-32-25-13-19(10-11-24(25)33-16-18-6-3-2-4-7-18)12-21(15-27)26-28-23(17-34-26)20-8-5-9-22(14-20)29(30)31/h2-14,17H,16H2,1H3. The Morgan fingerprint density at radius 2 is 1.94 bits per heavy atom. The molecule has 8 heteroatoms. The van der Waals surface area contributed by atoms with Crippen LogP contribution in [0.3, 0.4) is 0 Å². The lowest BCUT2D eigenvalue weighted by atomic mass is 10.1. The van der Waals surface area contributed by atoms with Crippen LogP contribution in [0.2, 0.25) is 0 Å². The predicted molar refractivity (Wildman–Crippen MR) is 131 cm³/mol. The molecule has 7 nitrogen and oxygen atoms in total. The number of hydrogen-bond acceptors (Lipinski definition) is 7. The first-order chi connectivity index (χ1) is 16.6. The van der Waals surface area contributed by atoms with Gasteiger partial charge in [-0.2, -0.15) is 5.26 Å². The quantitative estimate of drug-likeness (QED) is 0.169. The maximum absolute atomic E-state index is 11.1. The SMILES string of the molecule is COc1cc(C=C(C#N)c2nc(-c3cccc([N+](=O)[O-])c3)cs2)ccc1OCc1ccccc1. The lowest BCUT2D eigenvalue weighted by Gasteiger charge is -2.11. The fourth-order valence-electron chi connectivity index (χ4n) is 3.25. The molecule has 0 radical (unpaired) electrons. The molecular weight excluding hydrogens is 450 g/mol. The van der Waals surface area contributed by atoms with Gasteiger partial charge in [0.05, 0.1) is 23.3 Å². The summed E-state index contributed by atoms with van der Waals surface area (Å²) in [5.41, 5.74) is 3.37. The number of non-ortho nitro benzene ring substituents is 1. The first-order valence-electron chi connectivity index (χ1n) is 10.2. The molecule has 0 atom stereocenters. The van der Waals surface area contributed by atoms with Crippen LogP contribution in [0, 0.1) is 21.4 Å². The van der Waals surface area contributed by atoms with E-state index in [2.05, 4.69) is 11.1 Å². The van der Waals surface area contributed by atoms with Crippen LogP contribution in [0.15, 0.2) is 78.2 Å². The van der Waals surface area contributed by atoms with Gasteiger partial charge in [0.25, 0.3) is 5.69 Å². The Labute approximate surface area is 200 Å². The average molecular weight is 470 g/mol. The van der Waals surface area contributed by atoms with Crippen molar-refractivity contribution in [3.05, 3.63) is 104 Å². The third-order valence-electron chi connectivity index (χ3n) is 4.94.